The molecule has 0 fully saturated rings. The number of rotatable bonds is 4. The van der Waals surface area contributed by atoms with Crippen LogP contribution < -0.4 is 0 Å². The molecular formula is C9H7BrF2N2O4. The van der Waals surface area contributed by atoms with Crippen molar-refractivity contribution >= 4 is 27.6 Å². The molecule has 1 aromatic heterocycles. The van der Waals surface area contributed by atoms with Gasteiger partial charge in [-0.25, -0.2) is 13.8 Å². The maximum absolute atomic E-state index is 12.7. The molecule has 0 spiro atoms. The van der Waals surface area contributed by atoms with Crippen LogP contribution in [0.5, 0.6) is 0 Å². The van der Waals surface area contributed by atoms with Gasteiger partial charge in [0.05, 0.1) is 18.5 Å². The SMILES string of the molecule is COC(=O)Cc1cc(Br)nc(C(F)F)c1[N+](=O)[O-]. The molecule has 0 N–H and O–H groups in total. The Morgan fingerprint density at radius 2 is 2.28 bits per heavy atom. The first-order valence-electron chi connectivity index (χ1n) is 4.55. The van der Waals surface area contributed by atoms with Gasteiger partial charge in [-0.2, -0.15) is 0 Å². The molecule has 1 rings (SSSR count). The Kier molecular flexibility index (Phi) is 4.65. The Hall–Kier alpha value is -1.64. The number of ether oxygens (including phenoxy) is 1. The number of nitro groups is 1. The van der Waals surface area contributed by atoms with Crippen LogP contribution in [0.2, 0.25) is 0 Å². The summed E-state index contributed by atoms with van der Waals surface area (Å²) >= 11 is 2.86. The maximum atomic E-state index is 12.7. The minimum absolute atomic E-state index is 0.0118. The van der Waals surface area contributed by atoms with E-state index in [9.17, 15) is 23.7 Å². The zero-order chi connectivity index (χ0) is 13.9. The Morgan fingerprint density at radius 3 is 2.72 bits per heavy atom. The third kappa shape index (κ3) is 3.19. The van der Waals surface area contributed by atoms with Gasteiger partial charge in [0.25, 0.3) is 12.1 Å². The largest absolute Gasteiger partial charge is 0.469 e. The minimum atomic E-state index is -3.11. The van der Waals surface area contributed by atoms with Crippen molar-refractivity contribution in [2.24, 2.45) is 0 Å². The summed E-state index contributed by atoms with van der Waals surface area (Å²) in [5, 5.41) is 10.8. The lowest BCUT2D eigenvalue weighted by atomic mass is 10.1. The zero-order valence-corrected chi connectivity index (χ0v) is 10.6. The van der Waals surface area contributed by atoms with E-state index < -0.39 is 35.1 Å². The fourth-order valence-corrected chi connectivity index (χ4v) is 1.77. The van der Waals surface area contributed by atoms with Crippen molar-refractivity contribution < 1.29 is 23.2 Å². The van der Waals surface area contributed by atoms with Crippen molar-refractivity contribution in [3.63, 3.8) is 0 Å². The molecule has 1 aromatic rings. The number of halogens is 3. The number of alkyl halides is 2. The molecule has 0 unspecified atom stereocenters. The van der Waals surface area contributed by atoms with Crippen LogP contribution in [0.1, 0.15) is 17.7 Å². The van der Waals surface area contributed by atoms with Crippen molar-refractivity contribution in [2.45, 2.75) is 12.8 Å². The van der Waals surface area contributed by atoms with Crippen molar-refractivity contribution in [1.29, 1.82) is 0 Å². The predicted octanol–water partition coefficient (Wildman–Crippen LogP) is 2.41. The van der Waals surface area contributed by atoms with Crippen LogP contribution in [0.15, 0.2) is 10.7 Å². The number of nitrogens with zero attached hydrogens (tertiary/aromatic N) is 2. The molecule has 6 nitrogen and oxygen atoms in total. The van der Waals surface area contributed by atoms with Gasteiger partial charge in [-0.05, 0) is 22.0 Å². The van der Waals surface area contributed by atoms with Crippen LogP contribution >= 0.6 is 15.9 Å². The number of hydrogen-bond acceptors (Lipinski definition) is 5. The molecule has 98 valence electrons. The Balaban J connectivity index is 3.38. The smallest absolute Gasteiger partial charge is 0.310 e. The van der Waals surface area contributed by atoms with Crippen LogP contribution in [0, 0.1) is 10.1 Å². The van der Waals surface area contributed by atoms with Crippen LogP contribution in [0.25, 0.3) is 0 Å². The average molecular weight is 325 g/mol. The second kappa shape index (κ2) is 5.80. The lowest BCUT2D eigenvalue weighted by Gasteiger charge is -2.07. The minimum Gasteiger partial charge on any atom is -0.469 e. The molecule has 0 aliphatic rings. The number of aromatic nitrogens is 1. The summed E-state index contributed by atoms with van der Waals surface area (Å²) in [6.07, 6.45) is -3.59. The first-order valence-corrected chi connectivity index (χ1v) is 5.34. The molecule has 0 aliphatic heterocycles. The van der Waals surface area contributed by atoms with Crippen molar-refractivity contribution in [2.75, 3.05) is 7.11 Å². The third-order valence-electron chi connectivity index (χ3n) is 2.02. The molecule has 0 radical (unpaired) electrons. The summed E-state index contributed by atoms with van der Waals surface area (Å²) in [6, 6.07) is 1.14. The first kappa shape index (κ1) is 14.4. The highest BCUT2D eigenvalue weighted by Gasteiger charge is 2.29. The molecule has 0 saturated heterocycles. The van der Waals surface area contributed by atoms with E-state index in [1.807, 2.05) is 0 Å². The fourth-order valence-electron chi connectivity index (χ4n) is 1.30. The Labute approximate surface area is 108 Å². The lowest BCUT2D eigenvalue weighted by molar-refractivity contribution is -0.387. The fraction of sp³-hybridized carbons (Fsp3) is 0.333. The summed E-state index contributed by atoms with van der Waals surface area (Å²) in [7, 11) is 1.10. The highest BCUT2D eigenvalue weighted by atomic mass is 79.9. The number of methoxy groups -OCH3 is 1. The number of esters is 1. The molecule has 0 amide bonds. The Bertz CT molecular complexity index is 496. The van der Waals surface area contributed by atoms with Crippen LogP contribution in [-0.4, -0.2) is 23.0 Å². The molecule has 1 heterocycles. The third-order valence-corrected chi connectivity index (χ3v) is 2.43. The summed E-state index contributed by atoms with van der Waals surface area (Å²) in [6.45, 7) is 0. The monoisotopic (exact) mass is 324 g/mol. The summed E-state index contributed by atoms with van der Waals surface area (Å²) < 4.78 is 29.7. The zero-order valence-electron chi connectivity index (χ0n) is 9.02. The van der Waals surface area contributed by atoms with Crippen molar-refractivity contribution in [3.8, 4) is 0 Å². The summed E-state index contributed by atoms with van der Waals surface area (Å²) in [5.74, 6) is -0.767. The maximum Gasteiger partial charge on any atom is 0.310 e. The molecule has 9 heteroatoms. The van der Waals surface area contributed by atoms with E-state index in [1.54, 1.807) is 0 Å². The van der Waals surface area contributed by atoms with Crippen molar-refractivity contribution in [3.05, 3.63) is 32.0 Å². The van der Waals surface area contributed by atoms with Crippen LogP contribution in [-0.2, 0) is 16.0 Å². The van der Waals surface area contributed by atoms with E-state index in [2.05, 4.69) is 25.7 Å². The van der Waals surface area contributed by atoms with Crippen LogP contribution in [0.3, 0.4) is 0 Å². The first-order chi connectivity index (χ1) is 8.36. The van der Waals surface area contributed by atoms with Gasteiger partial charge in [-0.3, -0.25) is 14.9 Å². The highest BCUT2D eigenvalue weighted by Crippen LogP contribution is 2.32. The number of carbonyl (C=O) groups is 1. The van der Waals surface area contributed by atoms with Gasteiger partial charge in [0.1, 0.15) is 4.60 Å². The van der Waals surface area contributed by atoms with Gasteiger partial charge in [0.2, 0.25) is 0 Å². The van der Waals surface area contributed by atoms with E-state index in [0.29, 0.717) is 0 Å². The topological polar surface area (TPSA) is 82.3 Å². The number of carbonyl (C=O) groups excluding carboxylic acids is 1. The predicted molar refractivity (Wildman–Crippen MR) is 59.3 cm³/mol. The van der Waals surface area contributed by atoms with Crippen molar-refractivity contribution in [1.82, 2.24) is 4.98 Å². The second-order valence-corrected chi connectivity index (χ2v) is 3.96. The molecule has 0 atom stereocenters. The molecule has 0 aliphatic carbocycles. The van der Waals surface area contributed by atoms with Gasteiger partial charge < -0.3 is 4.74 Å². The van der Waals surface area contributed by atoms with Gasteiger partial charge in [-0.15, -0.1) is 0 Å². The van der Waals surface area contributed by atoms with E-state index in [1.165, 1.54) is 0 Å². The molecular weight excluding hydrogens is 318 g/mol. The van der Waals surface area contributed by atoms with E-state index in [-0.39, 0.29) is 10.2 Å². The molecule has 0 aromatic carbocycles. The lowest BCUT2D eigenvalue weighted by Crippen LogP contribution is -2.10. The normalized spacial score (nSPS) is 10.5. The number of hydrogen-bond donors (Lipinski definition) is 0. The van der Waals surface area contributed by atoms with Gasteiger partial charge in [-0.1, -0.05) is 0 Å². The molecule has 0 saturated carbocycles. The summed E-state index contributed by atoms with van der Waals surface area (Å²) in [4.78, 5) is 24.2. The van der Waals surface area contributed by atoms with E-state index in [0.717, 1.165) is 13.2 Å². The standard InChI is InChI=1S/C9H7BrF2N2O4/c1-18-6(15)3-4-2-5(10)13-7(9(11)12)8(4)14(16)17/h2,9H,3H2,1H3. The van der Waals surface area contributed by atoms with Crippen LogP contribution in [0.4, 0.5) is 14.5 Å². The Morgan fingerprint density at radius 1 is 1.67 bits per heavy atom. The molecule has 0 bridgehead atoms. The number of pyridine rings is 1. The molecule has 18 heavy (non-hydrogen) atoms. The van der Waals surface area contributed by atoms with Gasteiger partial charge >= 0.3 is 5.97 Å². The van der Waals surface area contributed by atoms with Gasteiger partial charge in [0.15, 0.2) is 5.69 Å². The quantitative estimate of drug-likeness (QED) is 0.367. The van der Waals surface area contributed by atoms with Gasteiger partial charge in [0, 0.05) is 5.56 Å². The van der Waals surface area contributed by atoms with E-state index in [4.69, 9.17) is 0 Å². The van der Waals surface area contributed by atoms with E-state index >= 15 is 0 Å². The highest BCUT2D eigenvalue weighted by molar-refractivity contribution is 9.10. The second-order valence-electron chi connectivity index (χ2n) is 3.15. The average Bonchev–Trinajstić information content (AvgIpc) is 2.27. The summed E-state index contributed by atoms with van der Waals surface area (Å²) in [5.41, 5.74) is -2.02.